The molecule has 0 N–H and O–H groups in total. The van der Waals surface area contributed by atoms with Crippen LogP contribution in [-0.4, -0.2) is 5.97 Å². The Balaban J connectivity index is 1.59. The molecule has 0 saturated heterocycles. The summed E-state index contributed by atoms with van der Waals surface area (Å²) in [6, 6.07) is 22.1. The summed E-state index contributed by atoms with van der Waals surface area (Å²) in [5, 5.41) is 0.241. The quantitative estimate of drug-likeness (QED) is 0.415. The number of carbonyl (C=O) groups is 1. The molecule has 0 amide bonds. The minimum atomic E-state index is -0.559. The van der Waals surface area contributed by atoms with Crippen molar-refractivity contribution in [2.45, 2.75) is 6.61 Å². The zero-order valence-corrected chi connectivity index (χ0v) is 14.6. The Hall–Kier alpha value is -2.91. The fraction of sp³-hybridized carbons (Fsp3) is 0.0455. The molecule has 0 aromatic heterocycles. The third kappa shape index (κ3) is 4.58. The molecule has 4 heteroatoms. The second-order valence-electron chi connectivity index (χ2n) is 5.64. The molecule has 3 aromatic carbocycles. The van der Waals surface area contributed by atoms with Gasteiger partial charge in [-0.25, -0.2) is 9.18 Å². The highest BCUT2D eigenvalue weighted by Gasteiger charge is 2.05. The van der Waals surface area contributed by atoms with E-state index >= 15 is 0 Å². The lowest BCUT2D eigenvalue weighted by Gasteiger charge is -2.05. The summed E-state index contributed by atoms with van der Waals surface area (Å²) in [4.78, 5) is 11.8. The van der Waals surface area contributed by atoms with Gasteiger partial charge >= 0.3 is 5.97 Å². The number of halogens is 2. The minimum absolute atomic E-state index is 0.142. The van der Waals surface area contributed by atoms with E-state index in [2.05, 4.69) is 0 Å². The van der Waals surface area contributed by atoms with Gasteiger partial charge in [0.05, 0.1) is 5.02 Å². The predicted octanol–water partition coefficient (Wildman–Crippen LogP) is 5.90. The van der Waals surface area contributed by atoms with E-state index in [1.54, 1.807) is 6.07 Å². The number of benzene rings is 3. The molecule has 0 radical (unpaired) electrons. The molecule has 0 aliphatic rings. The molecule has 0 aliphatic heterocycles. The molecule has 2 nitrogen and oxygen atoms in total. The average molecular weight is 367 g/mol. The SMILES string of the molecule is O=C(/C=C/c1c(F)cccc1Cl)OCc1ccc(-c2ccccc2)cc1. The van der Waals surface area contributed by atoms with Crippen molar-refractivity contribution in [3.05, 3.63) is 101 Å². The van der Waals surface area contributed by atoms with Gasteiger partial charge in [0.1, 0.15) is 12.4 Å². The second-order valence-corrected chi connectivity index (χ2v) is 6.05. The van der Waals surface area contributed by atoms with Crippen molar-refractivity contribution in [2.75, 3.05) is 0 Å². The first-order valence-electron chi connectivity index (χ1n) is 8.07. The topological polar surface area (TPSA) is 26.3 Å². The molecular weight excluding hydrogens is 351 g/mol. The summed E-state index contributed by atoms with van der Waals surface area (Å²) >= 11 is 5.91. The average Bonchev–Trinajstić information content (AvgIpc) is 2.67. The van der Waals surface area contributed by atoms with Gasteiger partial charge < -0.3 is 4.74 Å². The highest BCUT2D eigenvalue weighted by atomic mass is 35.5. The summed E-state index contributed by atoms with van der Waals surface area (Å²) < 4.78 is 18.8. The number of hydrogen-bond acceptors (Lipinski definition) is 2. The maximum atomic E-state index is 13.6. The van der Waals surface area contributed by atoms with Crippen molar-refractivity contribution in [1.29, 1.82) is 0 Å². The van der Waals surface area contributed by atoms with Crippen molar-refractivity contribution in [1.82, 2.24) is 0 Å². The van der Waals surface area contributed by atoms with Crippen LogP contribution in [0.15, 0.2) is 78.9 Å². The summed E-state index contributed by atoms with van der Waals surface area (Å²) in [6.45, 7) is 0.142. The van der Waals surface area contributed by atoms with Crippen molar-refractivity contribution in [3.63, 3.8) is 0 Å². The lowest BCUT2D eigenvalue weighted by Crippen LogP contribution is -2.00. The highest BCUT2D eigenvalue weighted by Crippen LogP contribution is 2.21. The van der Waals surface area contributed by atoms with Gasteiger partial charge in [0.25, 0.3) is 0 Å². The van der Waals surface area contributed by atoms with Crippen LogP contribution in [0.5, 0.6) is 0 Å². The molecule has 130 valence electrons. The first kappa shape index (κ1) is 17.9. The van der Waals surface area contributed by atoms with Gasteiger partial charge in [-0.1, -0.05) is 72.3 Å². The fourth-order valence-electron chi connectivity index (χ4n) is 2.45. The molecule has 3 rings (SSSR count). The first-order valence-corrected chi connectivity index (χ1v) is 8.44. The van der Waals surface area contributed by atoms with Gasteiger partial charge in [-0.2, -0.15) is 0 Å². The molecule has 0 spiro atoms. The first-order chi connectivity index (χ1) is 12.6. The van der Waals surface area contributed by atoms with E-state index in [1.165, 1.54) is 24.3 Å². The van der Waals surface area contributed by atoms with Crippen LogP contribution >= 0.6 is 11.6 Å². The van der Waals surface area contributed by atoms with E-state index < -0.39 is 11.8 Å². The Labute approximate surface area is 156 Å². The molecular formula is C22H16ClFO2. The van der Waals surface area contributed by atoms with Crippen LogP contribution in [0.4, 0.5) is 4.39 Å². The number of hydrogen-bond donors (Lipinski definition) is 0. The van der Waals surface area contributed by atoms with Crippen LogP contribution in [-0.2, 0) is 16.1 Å². The molecule has 0 aliphatic carbocycles. The lowest BCUT2D eigenvalue weighted by atomic mass is 10.0. The molecule has 0 heterocycles. The molecule has 0 saturated carbocycles. The van der Waals surface area contributed by atoms with E-state index in [0.717, 1.165) is 16.7 Å². The third-order valence-corrected chi connectivity index (χ3v) is 4.16. The van der Waals surface area contributed by atoms with Crippen LogP contribution in [0.25, 0.3) is 17.2 Å². The highest BCUT2D eigenvalue weighted by molar-refractivity contribution is 6.32. The van der Waals surface area contributed by atoms with Crippen LogP contribution in [0.3, 0.4) is 0 Å². The van der Waals surface area contributed by atoms with Crippen LogP contribution < -0.4 is 0 Å². The van der Waals surface area contributed by atoms with Crippen LogP contribution in [0.2, 0.25) is 5.02 Å². The second kappa shape index (κ2) is 8.45. The summed E-state index contributed by atoms with van der Waals surface area (Å²) in [5.74, 6) is -1.05. The fourth-order valence-corrected chi connectivity index (χ4v) is 2.67. The van der Waals surface area contributed by atoms with E-state index in [0.29, 0.717) is 0 Å². The Morgan fingerprint density at radius 2 is 1.62 bits per heavy atom. The normalized spacial score (nSPS) is 10.8. The Bertz CT molecular complexity index is 898. The molecule has 0 bridgehead atoms. The van der Waals surface area contributed by atoms with Crippen molar-refractivity contribution < 1.29 is 13.9 Å². The molecule has 0 atom stereocenters. The van der Waals surface area contributed by atoms with Crippen LogP contribution in [0, 0.1) is 5.82 Å². The maximum Gasteiger partial charge on any atom is 0.331 e. The van der Waals surface area contributed by atoms with Gasteiger partial charge in [-0.05, 0) is 34.9 Å². The zero-order valence-electron chi connectivity index (χ0n) is 13.9. The monoisotopic (exact) mass is 366 g/mol. The Morgan fingerprint density at radius 3 is 2.31 bits per heavy atom. The molecule has 0 unspecified atom stereocenters. The van der Waals surface area contributed by atoms with Crippen molar-refractivity contribution in [2.24, 2.45) is 0 Å². The van der Waals surface area contributed by atoms with Crippen LogP contribution in [0.1, 0.15) is 11.1 Å². The molecule has 0 fully saturated rings. The van der Waals surface area contributed by atoms with Gasteiger partial charge in [-0.15, -0.1) is 0 Å². The van der Waals surface area contributed by atoms with E-state index in [-0.39, 0.29) is 17.2 Å². The summed E-state index contributed by atoms with van der Waals surface area (Å²) in [6.07, 6.45) is 2.49. The largest absolute Gasteiger partial charge is 0.458 e. The number of carbonyl (C=O) groups excluding carboxylic acids is 1. The van der Waals surface area contributed by atoms with E-state index in [4.69, 9.17) is 16.3 Å². The third-order valence-electron chi connectivity index (χ3n) is 3.83. The minimum Gasteiger partial charge on any atom is -0.458 e. The lowest BCUT2D eigenvalue weighted by molar-refractivity contribution is -0.138. The molecule has 26 heavy (non-hydrogen) atoms. The number of ether oxygens (including phenoxy) is 1. The summed E-state index contributed by atoms with van der Waals surface area (Å²) in [5.41, 5.74) is 3.25. The number of esters is 1. The summed E-state index contributed by atoms with van der Waals surface area (Å²) in [7, 11) is 0. The number of rotatable bonds is 5. The molecule has 3 aromatic rings. The Kier molecular flexibility index (Phi) is 5.82. The van der Waals surface area contributed by atoms with Crippen molar-refractivity contribution >= 4 is 23.6 Å². The van der Waals surface area contributed by atoms with E-state index in [9.17, 15) is 9.18 Å². The zero-order chi connectivity index (χ0) is 18.4. The smallest absolute Gasteiger partial charge is 0.331 e. The van der Waals surface area contributed by atoms with E-state index in [1.807, 2.05) is 54.6 Å². The van der Waals surface area contributed by atoms with Gasteiger partial charge in [0, 0.05) is 11.6 Å². The van der Waals surface area contributed by atoms with Gasteiger partial charge in [0.2, 0.25) is 0 Å². The Morgan fingerprint density at radius 1 is 0.923 bits per heavy atom. The van der Waals surface area contributed by atoms with Gasteiger partial charge in [0.15, 0.2) is 0 Å². The van der Waals surface area contributed by atoms with Gasteiger partial charge in [-0.3, -0.25) is 0 Å². The van der Waals surface area contributed by atoms with Crippen molar-refractivity contribution in [3.8, 4) is 11.1 Å². The predicted molar refractivity (Wildman–Crippen MR) is 102 cm³/mol. The maximum absolute atomic E-state index is 13.6. The standard InChI is InChI=1S/C22H16ClFO2/c23-20-7-4-8-21(24)19(20)13-14-22(25)26-15-16-9-11-18(12-10-16)17-5-2-1-3-6-17/h1-14H,15H2/b14-13+.